The standard InChI is InChI=1S/C18H21NO4/c1-3-22-15-10-8-14(9-11-15)18(20)19-12-13-23-17-7-5-4-6-16(17)21-2/h4-11H,3,12-13H2,1-2H3,(H,19,20). The van der Waals surface area contributed by atoms with Crippen molar-refractivity contribution in [2.75, 3.05) is 26.9 Å². The maximum atomic E-state index is 12.0. The lowest BCUT2D eigenvalue weighted by atomic mass is 10.2. The number of hydrogen-bond donors (Lipinski definition) is 1. The third-order valence-electron chi connectivity index (χ3n) is 3.14. The van der Waals surface area contributed by atoms with Crippen molar-refractivity contribution in [2.24, 2.45) is 0 Å². The molecule has 0 heterocycles. The van der Waals surface area contributed by atoms with E-state index in [-0.39, 0.29) is 5.91 Å². The highest BCUT2D eigenvalue weighted by Crippen LogP contribution is 2.25. The van der Waals surface area contributed by atoms with Crippen molar-refractivity contribution in [3.8, 4) is 17.2 Å². The molecule has 5 heteroatoms. The number of hydrogen-bond acceptors (Lipinski definition) is 4. The predicted molar refractivity (Wildman–Crippen MR) is 88.4 cm³/mol. The van der Waals surface area contributed by atoms with E-state index in [1.54, 1.807) is 31.4 Å². The van der Waals surface area contributed by atoms with Crippen LogP contribution in [0.4, 0.5) is 0 Å². The first kappa shape index (κ1) is 16.7. The van der Waals surface area contributed by atoms with E-state index in [1.807, 2.05) is 31.2 Å². The Kier molecular flexibility index (Phi) is 6.29. The van der Waals surface area contributed by atoms with Gasteiger partial charge in [-0.15, -0.1) is 0 Å². The van der Waals surface area contributed by atoms with Crippen LogP contribution in [0.15, 0.2) is 48.5 Å². The van der Waals surface area contributed by atoms with Crippen LogP contribution in [0.3, 0.4) is 0 Å². The molecule has 5 nitrogen and oxygen atoms in total. The van der Waals surface area contributed by atoms with Crippen LogP contribution in [0.5, 0.6) is 17.2 Å². The molecule has 0 aliphatic rings. The van der Waals surface area contributed by atoms with Gasteiger partial charge in [0, 0.05) is 5.56 Å². The molecule has 0 atom stereocenters. The average molecular weight is 315 g/mol. The summed E-state index contributed by atoms with van der Waals surface area (Å²) in [5, 5.41) is 2.81. The van der Waals surface area contributed by atoms with Gasteiger partial charge in [0.2, 0.25) is 0 Å². The van der Waals surface area contributed by atoms with E-state index in [1.165, 1.54) is 0 Å². The molecular weight excluding hydrogens is 294 g/mol. The molecule has 122 valence electrons. The van der Waals surface area contributed by atoms with Gasteiger partial charge in [0.05, 0.1) is 20.3 Å². The second-order valence-electron chi connectivity index (χ2n) is 4.71. The van der Waals surface area contributed by atoms with Gasteiger partial charge in [-0.05, 0) is 43.3 Å². The van der Waals surface area contributed by atoms with Gasteiger partial charge in [-0.25, -0.2) is 0 Å². The Morgan fingerprint density at radius 1 is 1.00 bits per heavy atom. The maximum absolute atomic E-state index is 12.0. The van der Waals surface area contributed by atoms with Gasteiger partial charge in [0.15, 0.2) is 11.5 Å². The van der Waals surface area contributed by atoms with Crippen molar-refractivity contribution in [3.05, 3.63) is 54.1 Å². The molecule has 2 aromatic carbocycles. The first-order valence-corrected chi connectivity index (χ1v) is 7.51. The highest BCUT2D eigenvalue weighted by Gasteiger charge is 2.06. The zero-order valence-corrected chi connectivity index (χ0v) is 13.4. The van der Waals surface area contributed by atoms with Gasteiger partial charge in [0.1, 0.15) is 12.4 Å². The minimum absolute atomic E-state index is 0.142. The SMILES string of the molecule is CCOc1ccc(C(=O)NCCOc2ccccc2OC)cc1. The molecule has 0 saturated heterocycles. The smallest absolute Gasteiger partial charge is 0.251 e. The number of nitrogens with one attached hydrogen (secondary N) is 1. The van der Waals surface area contributed by atoms with Crippen molar-refractivity contribution in [1.29, 1.82) is 0 Å². The molecule has 0 spiro atoms. The van der Waals surface area contributed by atoms with E-state index >= 15 is 0 Å². The van der Waals surface area contributed by atoms with Crippen molar-refractivity contribution >= 4 is 5.91 Å². The molecule has 0 bridgehead atoms. The third-order valence-corrected chi connectivity index (χ3v) is 3.14. The van der Waals surface area contributed by atoms with Crippen LogP contribution in [0, 0.1) is 0 Å². The number of rotatable bonds is 8. The van der Waals surface area contributed by atoms with Crippen LogP contribution in [-0.2, 0) is 0 Å². The lowest BCUT2D eigenvalue weighted by Gasteiger charge is -2.11. The van der Waals surface area contributed by atoms with E-state index in [0.717, 1.165) is 5.75 Å². The van der Waals surface area contributed by atoms with Crippen molar-refractivity contribution in [2.45, 2.75) is 6.92 Å². The average Bonchev–Trinajstić information content (AvgIpc) is 2.60. The van der Waals surface area contributed by atoms with Crippen LogP contribution < -0.4 is 19.5 Å². The largest absolute Gasteiger partial charge is 0.494 e. The van der Waals surface area contributed by atoms with Gasteiger partial charge in [-0.1, -0.05) is 12.1 Å². The number of amides is 1. The topological polar surface area (TPSA) is 56.8 Å². The molecule has 2 aromatic rings. The summed E-state index contributed by atoms with van der Waals surface area (Å²) < 4.78 is 16.2. The van der Waals surface area contributed by atoms with Gasteiger partial charge in [-0.2, -0.15) is 0 Å². The second-order valence-corrected chi connectivity index (χ2v) is 4.71. The molecule has 0 aliphatic heterocycles. The monoisotopic (exact) mass is 315 g/mol. The van der Waals surface area contributed by atoms with Gasteiger partial charge in [-0.3, -0.25) is 4.79 Å². The van der Waals surface area contributed by atoms with Crippen LogP contribution in [0.2, 0.25) is 0 Å². The summed E-state index contributed by atoms with van der Waals surface area (Å²) in [6.45, 7) is 3.29. The van der Waals surface area contributed by atoms with Crippen LogP contribution in [-0.4, -0.2) is 32.8 Å². The highest BCUT2D eigenvalue weighted by atomic mass is 16.5. The fourth-order valence-electron chi connectivity index (χ4n) is 2.03. The number of carbonyl (C=O) groups excluding carboxylic acids is 1. The Balaban J connectivity index is 1.78. The molecule has 1 N–H and O–H groups in total. The lowest BCUT2D eigenvalue weighted by molar-refractivity contribution is 0.0947. The quantitative estimate of drug-likeness (QED) is 0.761. The lowest BCUT2D eigenvalue weighted by Crippen LogP contribution is -2.28. The highest BCUT2D eigenvalue weighted by molar-refractivity contribution is 5.94. The van der Waals surface area contributed by atoms with E-state index in [4.69, 9.17) is 14.2 Å². The normalized spacial score (nSPS) is 10.0. The Morgan fingerprint density at radius 2 is 1.70 bits per heavy atom. The Hall–Kier alpha value is -2.69. The minimum atomic E-state index is -0.142. The van der Waals surface area contributed by atoms with E-state index < -0.39 is 0 Å². The Morgan fingerprint density at radius 3 is 2.35 bits per heavy atom. The molecule has 1 amide bonds. The molecule has 0 fully saturated rings. The minimum Gasteiger partial charge on any atom is -0.494 e. The molecule has 0 unspecified atom stereocenters. The van der Waals surface area contributed by atoms with E-state index in [0.29, 0.717) is 36.8 Å². The first-order chi connectivity index (χ1) is 11.2. The zero-order valence-electron chi connectivity index (χ0n) is 13.4. The van der Waals surface area contributed by atoms with Gasteiger partial charge in [0.25, 0.3) is 5.91 Å². The van der Waals surface area contributed by atoms with Gasteiger partial charge < -0.3 is 19.5 Å². The van der Waals surface area contributed by atoms with Crippen molar-refractivity contribution in [3.63, 3.8) is 0 Å². The zero-order chi connectivity index (χ0) is 16.5. The third kappa shape index (κ3) is 4.92. The summed E-state index contributed by atoms with van der Waals surface area (Å²) >= 11 is 0. The first-order valence-electron chi connectivity index (χ1n) is 7.51. The van der Waals surface area contributed by atoms with Crippen LogP contribution in [0.25, 0.3) is 0 Å². The molecular formula is C18H21NO4. The fourth-order valence-corrected chi connectivity index (χ4v) is 2.03. The number of carbonyl (C=O) groups is 1. The molecule has 2 rings (SSSR count). The van der Waals surface area contributed by atoms with Crippen LogP contribution >= 0.6 is 0 Å². The summed E-state index contributed by atoms with van der Waals surface area (Å²) in [6.07, 6.45) is 0. The number of para-hydroxylation sites is 2. The Labute approximate surface area is 136 Å². The predicted octanol–water partition coefficient (Wildman–Crippen LogP) is 2.90. The van der Waals surface area contributed by atoms with Crippen LogP contribution in [0.1, 0.15) is 17.3 Å². The number of methoxy groups -OCH3 is 1. The molecule has 0 saturated carbocycles. The molecule has 0 aliphatic carbocycles. The summed E-state index contributed by atoms with van der Waals surface area (Å²) in [7, 11) is 1.59. The molecule has 0 aromatic heterocycles. The second kappa shape index (κ2) is 8.68. The fraction of sp³-hybridized carbons (Fsp3) is 0.278. The summed E-state index contributed by atoms with van der Waals surface area (Å²) in [4.78, 5) is 12.0. The number of benzene rings is 2. The van der Waals surface area contributed by atoms with Gasteiger partial charge >= 0.3 is 0 Å². The molecule has 0 radical (unpaired) electrons. The summed E-state index contributed by atoms with van der Waals surface area (Å²) in [6, 6.07) is 14.4. The van der Waals surface area contributed by atoms with E-state index in [9.17, 15) is 4.79 Å². The van der Waals surface area contributed by atoms with Crippen molar-refractivity contribution < 1.29 is 19.0 Å². The van der Waals surface area contributed by atoms with E-state index in [2.05, 4.69) is 5.32 Å². The number of ether oxygens (including phenoxy) is 3. The summed E-state index contributed by atoms with van der Waals surface area (Å²) in [5.74, 6) is 1.94. The van der Waals surface area contributed by atoms with Crippen molar-refractivity contribution in [1.82, 2.24) is 5.32 Å². The maximum Gasteiger partial charge on any atom is 0.251 e. The molecule has 23 heavy (non-hydrogen) atoms. The summed E-state index contributed by atoms with van der Waals surface area (Å²) in [5.41, 5.74) is 0.589. The Bertz CT molecular complexity index is 625.